The number of nitrogens with one attached hydrogen (secondary N) is 1. The largest absolute Gasteiger partial charge is 0.345 e. The minimum absolute atomic E-state index is 0.0384. The number of carbonyl (C=O) groups excluding carboxylic acids is 1. The van der Waals surface area contributed by atoms with Gasteiger partial charge in [0.25, 0.3) is 5.91 Å². The van der Waals surface area contributed by atoms with Gasteiger partial charge in [0.15, 0.2) is 0 Å². The summed E-state index contributed by atoms with van der Waals surface area (Å²) >= 11 is 7.32. The molecule has 4 nitrogen and oxygen atoms in total. The second-order valence-electron chi connectivity index (χ2n) is 6.23. The molecule has 25 heavy (non-hydrogen) atoms. The molecule has 3 aromatic rings. The molecule has 6 heteroatoms. The van der Waals surface area contributed by atoms with E-state index in [9.17, 15) is 4.79 Å². The van der Waals surface area contributed by atoms with Crippen molar-refractivity contribution in [2.75, 3.05) is 0 Å². The quantitative estimate of drug-likeness (QED) is 0.701. The zero-order valence-electron chi connectivity index (χ0n) is 14.4. The SMILES string of the molecule is Cc1ccc(C(C)NC(=O)c2cc(Cn3cc(Cl)cn3)cs2)c(C)c1. The molecular formula is C19H20ClN3OS. The van der Waals surface area contributed by atoms with Crippen molar-refractivity contribution in [1.82, 2.24) is 15.1 Å². The first kappa shape index (κ1) is 17.7. The van der Waals surface area contributed by atoms with Gasteiger partial charge in [0, 0.05) is 6.20 Å². The van der Waals surface area contributed by atoms with Gasteiger partial charge in [-0.15, -0.1) is 11.3 Å². The summed E-state index contributed by atoms with van der Waals surface area (Å²) in [6.07, 6.45) is 3.37. The van der Waals surface area contributed by atoms with Crippen molar-refractivity contribution in [1.29, 1.82) is 0 Å². The highest BCUT2D eigenvalue weighted by molar-refractivity contribution is 7.12. The lowest BCUT2D eigenvalue weighted by atomic mass is 10.0. The number of amides is 1. The van der Waals surface area contributed by atoms with Gasteiger partial charge < -0.3 is 5.32 Å². The van der Waals surface area contributed by atoms with E-state index in [4.69, 9.17) is 11.6 Å². The molecule has 0 aliphatic rings. The average molecular weight is 374 g/mol. The molecular weight excluding hydrogens is 354 g/mol. The Morgan fingerprint density at radius 2 is 2.16 bits per heavy atom. The van der Waals surface area contributed by atoms with E-state index in [1.807, 2.05) is 18.4 Å². The Labute approximate surface area is 156 Å². The van der Waals surface area contributed by atoms with Crippen LogP contribution in [-0.4, -0.2) is 15.7 Å². The third-order valence-electron chi connectivity index (χ3n) is 4.06. The maximum absolute atomic E-state index is 12.5. The molecule has 0 saturated heterocycles. The molecule has 1 atom stereocenters. The first-order chi connectivity index (χ1) is 11.9. The van der Waals surface area contributed by atoms with Crippen molar-refractivity contribution >= 4 is 28.8 Å². The van der Waals surface area contributed by atoms with Gasteiger partial charge in [-0.05, 0) is 48.9 Å². The molecule has 130 valence electrons. The van der Waals surface area contributed by atoms with E-state index in [1.165, 1.54) is 22.5 Å². The molecule has 1 unspecified atom stereocenters. The second-order valence-corrected chi connectivity index (χ2v) is 7.58. The minimum atomic E-state index is -0.0535. The molecule has 0 bridgehead atoms. The van der Waals surface area contributed by atoms with Crippen molar-refractivity contribution in [3.05, 3.63) is 74.2 Å². The molecule has 0 saturated carbocycles. The minimum Gasteiger partial charge on any atom is -0.345 e. The monoisotopic (exact) mass is 373 g/mol. The summed E-state index contributed by atoms with van der Waals surface area (Å²) in [6.45, 7) is 6.75. The summed E-state index contributed by atoms with van der Waals surface area (Å²) in [5.41, 5.74) is 4.59. The van der Waals surface area contributed by atoms with Crippen molar-refractivity contribution in [2.45, 2.75) is 33.4 Å². The van der Waals surface area contributed by atoms with Gasteiger partial charge in [-0.3, -0.25) is 9.48 Å². The van der Waals surface area contributed by atoms with Crippen molar-refractivity contribution in [2.24, 2.45) is 0 Å². The topological polar surface area (TPSA) is 46.9 Å². The Morgan fingerprint density at radius 1 is 1.36 bits per heavy atom. The van der Waals surface area contributed by atoms with Crippen LogP contribution in [0.5, 0.6) is 0 Å². The van der Waals surface area contributed by atoms with Crippen LogP contribution in [-0.2, 0) is 6.54 Å². The number of hydrogen-bond donors (Lipinski definition) is 1. The summed E-state index contributed by atoms with van der Waals surface area (Å²) in [7, 11) is 0. The molecule has 2 aromatic heterocycles. The molecule has 1 amide bonds. The highest BCUT2D eigenvalue weighted by Gasteiger charge is 2.15. The predicted octanol–water partition coefficient (Wildman–Crippen LogP) is 4.75. The molecule has 0 radical (unpaired) electrons. The fourth-order valence-corrected chi connectivity index (χ4v) is 3.81. The van der Waals surface area contributed by atoms with Crippen molar-refractivity contribution < 1.29 is 4.79 Å². The van der Waals surface area contributed by atoms with Crippen LogP contribution in [0.15, 0.2) is 42.0 Å². The van der Waals surface area contributed by atoms with E-state index < -0.39 is 0 Å². The number of nitrogens with zero attached hydrogens (tertiary/aromatic N) is 2. The van der Waals surface area contributed by atoms with Crippen LogP contribution in [0, 0.1) is 13.8 Å². The summed E-state index contributed by atoms with van der Waals surface area (Å²) in [5.74, 6) is -0.0535. The van der Waals surface area contributed by atoms with Gasteiger partial charge in [0.2, 0.25) is 0 Å². The standard InChI is InChI=1S/C19H20ClN3OS/c1-12-4-5-17(13(2)6-12)14(3)22-19(24)18-7-15(11-25-18)9-23-10-16(20)8-21-23/h4-8,10-11,14H,9H2,1-3H3,(H,22,24). The summed E-state index contributed by atoms with van der Waals surface area (Å²) < 4.78 is 1.75. The van der Waals surface area contributed by atoms with E-state index >= 15 is 0 Å². The molecule has 2 heterocycles. The smallest absolute Gasteiger partial charge is 0.261 e. The van der Waals surface area contributed by atoms with Crippen LogP contribution in [0.2, 0.25) is 5.02 Å². The number of halogens is 1. The number of aryl methyl sites for hydroxylation is 2. The Hall–Kier alpha value is -2.11. The average Bonchev–Trinajstić information content (AvgIpc) is 3.16. The number of carbonyl (C=O) groups is 1. The van der Waals surface area contributed by atoms with Gasteiger partial charge in [-0.25, -0.2) is 0 Å². The maximum atomic E-state index is 12.5. The van der Waals surface area contributed by atoms with E-state index in [0.717, 1.165) is 11.1 Å². The molecule has 3 rings (SSSR count). The van der Waals surface area contributed by atoms with Crippen molar-refractivity contribution in [3.63, 3.8) is 0 Å². The molecule has 0 aliphatic heterocycles. The second kappa shape index (κ2) is 7.42. The lowest BCUT2D eigenvalue weighted by Crippen LogP contribution is -2.26. The van der Waals surface area contributed by atoms with E-state index in [0.29, 0.717) is 16.4 Å². The predicted molar refractivity (Wildman–Crippen MR) is 102 cm³/mol. The summed E-state index contributed by atoms with van der Waals surface area (Å²) in [6, 6.07) is 8.16. The molecule has 1 N–H and O–H groups in total. The molecule has 0 aliphatic carbocycles. The number of aromatic nitrogens is 2. The third kappa shape index (κ3) is 4.30. The number of hydrogen-bond acceptors (Lipinski definition) is 3. The Morgan fingerprint density at radius 3 is 2.84 bits per heavy atom. The first-order valence-corrected chi connectivity index (χ1v) is 9.31. The molecule has 1 aromatic carbocycles. The first-order valence-electron chi connectivity index (χ1n) is 8.06. The number of benzene rings is 1. The maximum Gasteiger partial charge on any atom is 0.261 e. The third-order valence-corrected chi connectivity index (χ3v) is 5.24. The van der Waals surface area contributed by atoms with Gasteiger partial charge >= 0.3 is 0 Å². The summed E-state index contributed by atoms with van der Waals surface area (Å²) in [4.78, 5) is 13.2. The lowest BCUT2D eigenvalue weighted by molar-refractivity contribution is 0.0944. The van der Waals surface area contributed by atoms with Crippen LogP contribution < -0.4 is 5.32 Å². The molecule has 0 fully saturated rings. The van der Waals surface area contributed by atoms with Gasteiger partial charge in [0.05, 0.1) is 28.7 Å². The van der Waals surface area contributed by atoms with Crippen molar-refractivity contribution in [3.8, 4) is 0 Å². The summed E-state index contributed by atoms with van der Waals surface area (Å²) in [5, 5.41) is 9.83. The normalized spacial score (nSPS) is 12.2. The van der Waals surface area contributed by atoms with Gasteiger partial charge in [-0.2, -0.15) is 5.10 Å². The zero-order valence-corrected chi connectivity index (χ0v) is 16.0. The van der Waals surface area contributed by atoms with E-state index in [2.05, 4.69) is 42.5 Å². The molecule has 0 spiro atoms. The van der Waals surface area contributed by atoms with Crippen LogP contribution in [0.1, 0.15) is 44.9 Å². The van der Waals surface area contributed by atoms with Crippen LogP contribution in [0.4, 0.5) is 0 Å². The van der Waals surface area contributed by atoms with Crippen LogP contribution >= 0.6 is 22.9 Å². The number of rotatable bonds is 5. The number of thiophene rings is 1. The van der Waals surface area contributed by atoms with Gasteiger partial charge in [-0.1, -0.05) is 35.4 Å². The van der Waals surface area contributed by atoms with E-state index in [-0.39, 0.29) is 11.9 Å². The highest BCUT2D eigenvalue weighted by atomic mass is 35.5. The zero-order chi connectivity index (χ0) is 18.0. The van der Waals surface area contributed by atoms with Crippen LogP contribution in [0.25, 0.3) is 0 Å². The Bertz CT molecular complexity index is 900. The Kier molecular flexibility index (Phi) is 5.25. The van der Waals surface area contributed by atoms with Crippen LogP contribution in [0.3, 0.4) is 0 Å². The highest BCUT2D eigenvalue weighted by Crippen LogP contribution is 2.21. The Balaban J connectivity index is 1.67. The van der Waals surface area contributed by atoms with E-state index in [1.54, 1.807) is 17.1 Å². The van der Waals surface area contributed by atoms with Gasteiger partial charge in [0.1, 0.15) is 0 Å². The fraction of sp³-hybridized carbons (Fsp3) is 0.263. The fourth-order valence-electron chi connectivity index (χ4n) is 2.85. The lowest BCUT2D eigenvalue weighted by Gasteiger charge is -2.16.